The molecule has 0 aliphatic heterocycles. The van der Waals surface area contributed by atoms with Gasteiger partial charge in [0.05, 0.1) is 37.9 Å². The Kier molecular flexibility index (Phi) is 8.50. The number of ether oxygens (including phenoxy) is 1. The SMILES string of the molecule is COC(=O)c1cccc(-c2cccc(CC(=O)N(Cc3ccco3)C3c4ccccc4CCC3Cc3ccccc3)c2)c1. The number of rotatable bonds is 9. The van der Waals surface area contributed by atoms with Crippen LogP contribution >= 0.6 is 0 Å². The molecule has 5 aromatic rings. The first-order valence-electron chi connectivity index (χ1n) is 14.8. The van der Waals surface area contributed by atoms with Crippen molar-refractivity contribution in [2.45, 2.75) is 38.3 Å². The van der Waals surface area contributed by atoms with Gasteiger partial charge in [-0.1, -0.05) is 91.0 Å². The Morgan fingerprint density at radius 2 is 1.56 bits per heavy atom. The second-order valence-electron chi connectivity index (χ2n) is 11.2. The van der Waals surface area contributed by atoms with Crippen LogP contribution in [0, 0.1) is 5.92 Å². The van der Waals surface area contributed by atoms with Crippen molar-refractivity contribution in [1.29, 1.82) is 0 Å². The lowest BCUT2D eigenvalue weighted by atomic mass is 9.76. The Morgan fingerprint density at radius 1 is 0.814 bits per heavy atom. The van der Waals surface area contributed by atoms with E-state index in [1.807, 2.05) is 65.6 Å². The molecular formula is C38H35NO4. The molecule has 1 aliphatic carbocycles. The summed E-state index contributed by atoms with van der Waals surface area (Å²) in [6.07, 6.45) is 4.82. The van der Waals surface area contributed by atoms with Crippen LogP contribution in [0.5, 0.6) is 0 Å². The van der Waals surface area contributed by atoms with Crippen LogP contribution in [0.4, 0.5) is 0 Å². The summed E-state index contributed by atoms with van der Waals surface area (Å²) < 4.78 is 10.7. The number of esters is 1. The van der Waals surface area contributed by atoms with Crippen molar-refractivity contribution >= 4 is 11.9 Å². The Labute approximate surface area is 252 Å². The van der Waals surface area contributed by atoms with E-state index >= 15 is 0 Å². The number of aryl methyl sites for hydroxylation is 1. The van der Waals surface area contributed by atoms with E-state index in [1.54, 1.807) is 12.3 Å². The highest BCUT2D eigenvalue weighted by Crippen LogP contribution is 2.41. The predicted octanol–water partition coefficient (Wildman–Crippen LogP) is 7.85. The monoisotopic (exact) mass is 569 g/mol. The van der Waals surface area contributed by atoms with Gasteiger partial charge in [-0.3, -0.25) is 4.79 Å². The van der Waals surface area contributed by atoms with Gasteiger partial charge in [0.25, 0.3) is 0 Å². The molecule has 0 fully saturated rings. The summed E-state index contributed by atoms with van der Waals surface area (Å²) >= 11 is 0. The van der Waals surface area contributed by atoms with Gasteiger partial charge in [-0.2, -0.15) is 0 Å². The summed E-state index contributed by atoms with van der Waals surface area (Å²) in [7, 11) is 1.38. The van der Waals surface area contributed by atoms with Gasteiger partial charge in [0, 0.05) is 0 Å². The van der Waals surface area contributed by atoms with Crippen LogP contribution in [0.3, 0.4) is 0 Å². The average molecular weight is 570 g/mol. The van der Waals surface area contributed by atoms with Crippen molar-refractivity contribution in [3.63, 3.8) is 0 Å². The van der Waals surface area contributed by atoms with Crippen molar-refractivity contribution in [2.75, 3.05) is 7.11 Å². The first kappa shape index (κ1) is 28.2. The maximum absolute atomic E-state index is 14.4. The largest absolute Gasteiger partial charge is 0.467 e. The lowest BCUT2D eigenvalue weighted by Crippen LogP contribution is -2.41. The van der Waals surface area contributed by atoms with Crippen LogP contribution in [0.1, 0.15) is 50.8 Å². The van der Waals surface area contributed by atoms with E-state index in [4.69, 9.17) is 9.15 Å². The smallest absolute Gasteiger partial charge is 0.337 e. The number of nitrogens with zero attached hydrogens (tertiary/aromatic N) is 1. The summed E-state index contributed by atoms with van der Waals surface area (Å²) in [4.78, 5) is 28.6. The van der Waals surface area contributed by atoms with E-state index < -0.39 is 0 Å². The Balaban J connectivity index is 1.33. The first-order chi connectivity index (χ1) is 21.1. The molecule has 0 saturated carbocycles. The molecule has 216 valence electrons. The van der Waals surface area contributed by atoms with Crippen molar-refractivity contribution in [1.82, 2.24) is 4.90 Å². The number of benzene rings is 4. The second kappa shape index (κ2) is 13.0. The number of carbonyl (C=O) groups excluding carboxylic acids is 2. The highest BCUT2D eigenvalue weighted by atomic mass is 16.5. The van der Waals surface area contributed by atoms with Gasteiger partial charge in [-0.15, -0.1) is 0 Å². The lowest BCUT2D eigenvalue weighted by molar-refractivity contribution is -0.135. The van der Waals surface area contributed by atoms with Crippen LogP contribution in [0.15, 0.2) is 126 Å². The fourth-order valence-corrected chi connectivity index (χ4v) is 6.35. The molecule has 0 radical (unpaired) electrons. The molecule has 1 aromatic heterocycles. The third-order valence-corrected chi connectivity index (χ3v) is 8.41. The molecule has 2 unspecified atom stereocenters. The van der Waals surface area contributed by atoms with Crippen LogP contribution in [-0.2, 0) is 35.3 Å². The Morgan fingerprint density at radius 3 is 2.35 bits per heavy atom. The van der Waals surface area contributed by atoms with E-state index in [2.05, 4.69) is 48.5 Å². The van der Waals surface area contributed by atoms with Crippen molar-refractivity contribution < 1.29 is 18.7 Å². The normalized spacial score (nSPS) is 15.8. The molecule has 0 spiro atoms. The van der Waals surface area contributed by atoms with Crippen LogP contribution < -0.4 is 0 Å². The standard InChI is InChI=1S/C38H35NO4/c1-42-38(41)33-16-8-15-31(25-33)30-14-7-12-28(23-30)24-36(40)39(26-34-17-9-21-43-34)37-32(22-27-10-3-2-4-11-27)20-19-29-13-5-6-18-35(29)37/h2-18,21,23,25,32,37H,19-20,22,24,26H2,1H3. The predicted molar refractivity (Wildman–Crippen MR) is 167 cm³/mol. The summed E-state index contributed by atoms with van der Waals surface area (Å²) in [5, 5.41) is 0. The zero-order chi connectivity index (χ0) is 29.6. The number of amides is 1. The summed E-state index contributed by atoms with van der Waals surface area (Å²) in [6, 6.07) is 38.2. The third kappa shape index (κ3) is 6.46. The number of furan rings is 1. The number of carbonyl (C=O) groups is 2. The molecule has 1 heterocycles. The zero-order valence-corrected chi connectivity index (χ0v) is 24.3. The zero-order valence-electron chi connectivity index (χ0n) is 24.3. The van der Waals surface area contributed by atoms with E-state index in [-0.39, 0.29) is 30.3 Å². The second-order valence-corrected chi connectivity index (χ2v) is 11.2. The van der Waals surface area contributed by atoms with E-state index in [0.717, 1.165) is 41.7 Å². The number of hydrogen-bond acceptors (Lipinski definition) is 4. The molecule has 5 nitrogen and oxygen atoms in total. The molecule has 1 amide bonds. The van der Waals surface area contributed by atoms with Crippen LogP contribution in [0.2, 0.25) is 0 Å². The topological polar surface area (TPSA) is 59.8 Å². The molecular weight excluding hydrogens is 534 g/mol. The minimum absolute atomic E-state index is 0.0524. The van der Waals surface area contributed by atoms with Gasteiger partial charge in [0.2, 0.25) is 5.91 Å². The van der Waals surface area contributed by atoms with E-state index in [9.17, 15) is 9.59 Å². The van der Waals surface area contributed by atoms with E-state index in [0.29, 0.717) is 12.1 Å². The van der Waals surface area contributed by atoms with E-state index in [1.165, 1.54) is 23.8 Å². The maximum Gasteiger partial charge on any atom is 0.337 e. The summed E-state index contributed by atoms with van der Waals surface area (Å²) in [6.45, 7) is 0.400. The molecule has 43 heavy (non-hydrogen) atoms. The Hall–Kier alpha value is -4.90. The molecule has 1 aliphatic rings. The van der Waals surface area contributed by atoms with Crippen molar-refractivity contribution in [3.8, 4) is 11.1 Å². The number of fused-ring (bicyclic) bond motifs is 1. The molecule has 0 N–H and O–H groups in total. The van der Waals surface area contributed by atoms with Crippen LogP contribution in [0.25, 0.3) is 11.1 Å². The van der Waals surface area contributed by atoms with Gasteiger partial charge >= 0.3 is 5.97 Å². The van der Waals surface area contributed by atoms with Crippen molar-refractivity contribution in [2.24, 2.45) is 5.92 Å². The molecule has 2 atom stereocenters. The Bertz CT molecular complexity index is 1690. The quantitative estimate of drug-likeness (QED) is 0.170. The average Bonchev–Trinajstić information content (AvgIpc) is 3.57. The fraction of sp³-hybridized carbons (Fsp3) is 0.211. The number of hydrogen-bond donors (Lipinski definition) is 0. The third-order valence-electron chi connectivity index (χ3n) is 8.41. The minimum Gasteiger partial charge on any atom is -0.467 e. The van der Waals surface area contributed by atoms with Gasteiger partial charge in [0.15, 0.2) is 0 Å². The lowest BCUT2D eigenvalue weighted by Gasteiger charge is -2.41. The van der Waals surface area contributed by atoms with Gasteiger partial charge in [0.1, 0.15) is 5.76 Å². The van der Waals surface area contributed by atoms with Gasteiger partial charge in [-0.05, 0) is 82.8 Å². The number of methoxy groups -OCH3 is 1. The van der Waals surface area contributed by atoms with Crippen LogP contribution in [-0.4, -0.2) is 23.9 Å². The highest BCUT2D eigenvalue weighted by Gasteiger charge is 2.36. The molecule has 4 aromatic carbocycles. The summed E-state index contributed by atoms with van der Waals surface area (Å²) in [5.74, 6) is 0.711. The molecule has 5 heteroatoms. The summed E-state index contributed by atoms with van der Waals surface area (Å²) in [5.41, 5.74) is 7.06. The fourth-order valence-electron chi connectivity index (χ4n) is 6.35. The highest BCUT2D eigenvalue weighted by molar-refractivity contribution is 5.91. The van der Waals surface area contributed by atoms with Gasteiger partial charge < -0.3 is 14.1 Å². The van der Waals surface area contributed by atoms with Gasteiger partial charge in [-0.25, -0.2) is 4.79 Å². The maximum atomic E-state index is 14.4. The molecule has 0 saturated heterocycles. The van der Waals surface area contributed by atoms with Crippen molar-refractivity contribution in [3.05, 3.63) is 155 Å². The molecule has 6 rings (SSSR count). The minimum atomic E-state index is -0.375. The molecule has 0 bridgehead atoms. The first-order valence-corrected chi connectivity index (χ1v) is 14.8.